The summed E-state index contributed by atoms with van der Waals surface area (Å²) in [5.74, 6) is 0.611. The Kier molecular flexibility index (Phi) is 6.67. The largest absolute Gasteiger partial charge is 0.332 e. The second-order valence-corrected chi connectivity index (χ2v) is 9.04. The summed E-state index contributed by atoms with van der Waals surface area (Å²) in [5, 5.41) is 1.36. The summed E-state index contributed by atoms with van der Waals surface area (Å²) in [6.07, 6.45) is 1.89. The molecule has 0 N–H and O–H groups in total. The Balaban J connectivity index is 1.90. The highest BCUT2D eigenvalue weighted by Crippen LogP contribution is 2.24. The average molecular weight is 467 g/mol. The van der Waals surface area contributed by atoms with Crippen molar-refractivity contribution in [3.63, 3.8) is 0 Å². The molecule has 2 aromatic heterocycles. The summed E-state index contributed by atoms with van der Waals surface area (Å²) in [6.45, 7) is 2.50. The molecule has 0 radical (unpaired) electrons. The van der Waals surface area contributed by atoms with E-state index in [0.29, 0.717) is 33.7 Å². The summed E-state index contributed by atoms with van der Waals surface area (Å²) in [4.78, 5) is 31.3. The predicted molar refractivity (Wildman–Crippen MR) is 131 cm³/mol. The van der Waals surface area contributed by atoms with E-state index in [4.69, 9.17) is 11.6 Å². The molecule has 32 heavy (non-hydrogen) atoms. The first-order valence-corrected chi connectivity index (χ1v) is 11.5. The first kappa shape index (κ1) is 22.2. The third kappa shape index (κ3) is 4.59. The van der Waals surface area contributed by atoms with E-state index >= 15 is 0 Å². The standard InChI is InChI=1S/C24H23ClN4O2S/c1-17(25)13-14-32-23-26-21-20(28(23)15-18-9-5-3-6-10-18)22(30)29(24(31)27(21)2)16-19-11-7-4-8-12-19/h3-13H,14-16H2,1-2H3/b17-13+. The van der Waals surface area contributed by atoms with Crippen molar-refractivity contribution in [2.75, 3.05) is 5.75 Å². The van der Waals surface area contributed by atoms with Crippen LogP contribution in [0.15, 0.2) is 86.5 Å². The maximum Gasteiger partial charge on any atom is 0.332 e. The second-order valence-electron chi connectivity index (χ2n) is 7.46. The van der Waals surface area contributed by atoms with Crippen LogP contribution in [0.2, 0.25) is 0 Å². The summed E-state index contributed by atoms with van der Waals surface area (Å²) in [7, 11) is 1.66. The molecule has 0 aliphatic heterocycles. The fourth-order valence-corrected chi connectivity index (χ4v) is 4.62. The lowest BCUT2D eigenvalue weighted by Gasteiger charge is -2.11. The number of fused-ring (bicyclic) bond motifs is 1. The first-order chi connectivity index (χ1) is 15.5. The number of hydrogen-bond donors (Lipinski definition) is 0. The highest BCUT2D eigenvalue weighted by atomic mass is 35.5. The van der Waals surface area contributed by atoms with Gasteiger partial charge in [-0.05, 0) is 18.1 Å². The smallest absolute Gasteiger partial charge is 0.309 e. The molecule has 0 saturated heterocycles. The van der Waals surface area contributed by atoms with Gasteiger partial charge in [0.15, 0.2) is 16.3 Å². The zero-order chi connectivity index (χ0) is 22.7. The van der Waals surface area contributed by atoms with E-state index in [0.717, 1.165) is 11.1 Å². The number of aryl methyl sites for hydroxylation is 1. The lowest BCUT2D eigenvalue weighted by molar-refractivity contribution is 0.651. The Morgan fingerprint density at radius 2 is 1.53 bits per heavy atom. The number of imidazole rings is 1. The van der Waals surface area contributed by atoms with E-state index in [9.17, 15) is 9.59 Å². The van der Waals surface area contributed by atoms with Crippen LogP contribution in [0.1, 0.15) is 18.1 Å². The summed E-state index contributed by atoms with van der Waals surface area (Å²) in [5.41, 5.74) is 2.00. The molecule has 0 atom stereocenters. The van der Waals surface area contributed by atoms with E-state index < -0.39 is 0 Å². The maximum absolute atomic E-state index is 13.6. The van der Waals surface area contributed by atoms with Crippen LogP contribution in [-0.4, -0.2) is 24.4 Å². The van der Waals surface area contributed by atoms with Gasteiger partial charge in [0, 0.05) is 17.8 Å². The van der Waals surface area contributed by atoms with E-state index in [-0.39, 0.29) is 17.8 Å². The predicted octanol–water partition coefficient (Wildman–Crippen LogP) is 4.23. The summed E-state index contributed by atoms with van der Waals surface area (Å²) in [6, 6.07) is 19.4. The minimum Gasteiger partial charge on any atom is -0.309 e. The van der Waals surface area contributed by atoms with Crippen molar-refractivity contribution in [2.24, 2.45) is 7.05 Å². The van der Waals surface area contributed by atoms with Crippen LogP contribution in [0.5, 0.6) is 0 Å². The van der Waals surface area contributed by atoms with Crippen molar-refractivity contribution in [1.82, 2.24) is 18.7 Å². The van der Waals surface area contributed by atoms with Crippen molar-refractivity contribution in [2.45, 2.75) is 25.2 Å². The van der Waals surface area contributed by atoms with Crippen molar-refractivity contribution < 1.29 is 0 Å². The van der Waals surface area contributed by atoms with Gasteiger partial charge in [0.2, 0.25) is 0 Å². The lowest BCUT2D eigenvalue weighted by Crippen LogP contribution is -2.40. The second kappa shape index (κ2) is 9.63. The lowest BCUT2D eigenvalue weighted by atomic mass is 10.2. The van der Waals surface area contributed by atoms with Gasteiger partial charge in [-0.2, -0.15) is 0 Å². The molecular weight excluding hydrogens is 444 g/mol. The fourth-order valence-electron chi connectivity index (χ4n) is 3.51. The summed E-state index contributed by atoms with van der Waals surface area (Å²) < 4.78 is 4.63. The van der Waals surface area contributed by atoms with Crippen molar-refractivity contribution in [3.8, 4) is 0 Å². The third-order valence-electron chi connectivity index (χ3n) is 5.14. The highest BCUT2D eigenvalue weighted by Gasteiger charge is 2.20. The van der Waals surface area contributed by atoms with Gasteiger partial charge in [-0.15, -0.1) is 0 Å². The van der Waals surface area contributed by atoms with Gasteiger partial charge in [0.05, 0.1) is 13.1 Å². The molecular formula is C24H23ClN4O2S. The molecule has 0 aliphatic carbocycles. The Hall–Kier alpha value is -3.03. The maximum atomic E-state index is 13.6. The Labute approximate surface area is 194 Å². The number of allylic oxidation sites excluding steroid dienone is 1. The van der Waals surface area contributed by atoms with Gasteiger partial charge >= 0.3 is 5.69 Å². The Morgan fingerprint density at radius 3 is 2.09 bits per heavy atom. The van der Waals surface area contributed by atoms with Gasteiger partial charge < -0.3 is 4.57 Å². The third-order valence-corrected chi connectivity index (χ3v) is 6.20. The normalized spacial score (nSPS) is 11.9. The monoisotopic (exact) mass is 466 g/mol. The molecule has 0 saturated carbocycles. The van der Waals surface area contributed by atoms with Crippen LogP contribution >= 0.6 is 23.4 Å². The number of benzene rings is 2. The zero-order valence-corrected chi connectivity index (χ0v) is 19.4. The molecule has 4 aromatic rings. The van der Waals surface area contributed by atoms with Gasteiger partial charge in [0.25, 0.3) is 5.56 Å². The fraction of sp³-hybridized carbons (Fsp3) is 0.208. The van der Waals surface area contributed by atoms with Gasteiger partial charge in [-0.3, -0.25) is 13.9 Å². The topological polar surface area (TPSA) is 61.8 Å². The zero-order valence-electron chi connectivity index (χ0n) is 17.9. The molecule has 6 nitrogen and oxygen atoms in total. The van der Waals surface area contributed by atoms with Crippen LogP contribution in [0.25, 0.3) is 11.2 Å². The minimum atomic E-state index is -0.385. The Bertz CT molecular complexity index is 1390. The van der Waals surface area contributed by atoms with Crippen LogP contribution in [-0.2, 0) is 20.1 Å². The molecule has 8 heteroatoms. The molecule has 0 unspecified atom stereocenters. The molecule has 4 rings (SSSR count). The number of aromatic nitrogens is 4. The molecule has 164 valence electrons. The van der Waals surface area contributed by atoms with Crippen molar-refractivity contribution >= 4 is 34.5 Å². The Morgan fingerprint density at radius 1 is 0.969 bits per heavy atom. The van der Waals surface area contributed by atoms with Crippen LogP contribution < -0.4 is 11.2 Å². The van der Waals surface area contributed by atoms with Gasteiger partial charge in [-0.25, -0.2) is 9.78 Å². The molecule has 0 amide bonds. The molecule has 0 aliphatic rings. The number of thioether (sulfide) groups is 1. The first-order valence-electron chi connectivity index (χ1n) is 10.2. The quantitative estimate of drug-likeness (QED) is 0.382. The number of nitrogens with zero attached hydrogens (tertiary/aromatic N) is 4. The summed E-state index contributed by atoms with van der Waals surface area (Å²) >= 11 is 7.46. The average Bonchev–Trinajstić information content (AvgIpc) is 3.15. The van der Waals surface area contributed by atoms with E-state index in [1.807, 2.05) is 78.2 Å². The van der Waals surface area contributed by atoms with Crippen molar-refractivity contribution in [3.05, 3.63) is 104 Å². The van der Waals surface area contributed by atoms with E-state index in [1.54, 1.807) is 7.05 Å². The molecule has 0 fully saturated rings. The van der Waals surface area contributed by atoms with E-state index in [1.165, 1.54) is 20.9 Å². The van der Waals surface area contributed by atoms with Crippen LogP contribution in [0.4, 0.5) is 0 Å². The van der Waals surface area contributed by atoms with E-state index in [2.05, 4.69) is 4.98 Å². The van der Waals surface area contributed by atoms with Gasteiger partial charge in [0.1, 0.15) is 0 Å². The van der Waals surface area contributed by atoms with Crippen LogP contribution in [0, 0.1) is 0 Å². The minimum absolute atomic E-state index is 0.204. The highest BCUT2D eigenvalue weighted by molar-refractivity contribution is 7.99. The SMILES string of the molecule is C/C(Cl)=C\CSc1nc2c(c(=O)n(Cc3ccccc3)c(=O)n2C)n1Cc1ccccc1. The number of hydrogen-bond acceptors (Lipinski definition) is 4. The molecule has 0 spiro atoms. The van der Waals surface area contributed by atoms with Crippen LogP contribution in [0.3, 0.4) is 0 Å². The number of rotatable bonds is 7. The number of halogens is 1. The molecule has 2 aromatic carbocycles. The molecule has 2 heterocycles. The van der Waals surface area contributed by atoms with Gasteiger partial charge in [-0.1, -0.05) is 90.1 Å². The van der Waals surface area contributed by atoms with Crippen molar-refractivity contribution in [1.29, 1.82) is 0 Å². The molecule has 0 bridgehead atoms.